The maximum Gasteiger partial charge on any atom is 0.0751 e. The molecule has 2 aromatic rings. The second-order valence-electron chi connectivity index (χ2n) is 5.06. The van der Waals surface area contributed by atoms with Gasteiger partial charge in [-0.2, -0.15) is 0 Å². The van der Waals surface area contributed by atoms with E-state index in [1.54, 1.807) is 7.11 Å². The van der Waals surface area contributed by atoms with Gasteiger partial charge in [0.05, 0.1) is 12.1 Å². The molecular weight excluding hydrogens is 250 g/mol. The summed E-state index contributed by atoms with van der Waals surface area (Å²) in [4.78, 5) is 4.47. The first kappa shape index (κ1) is 14.8. The molecule has 0 saturated carbocycles. The van der Waals surface area contributed by atoms with E-state index in [-0.39, 0.29) is 6.04 Å². The highest BCUT2D eigenvalue weighted by Gasteiger charge is 2.11. The lowest BCUT2D eigenvalue weighted by Crippen LogP contribution is -2.26. The largest absolute Gasteiger partial charge is 0.383 e. The summed E-state index contributed by atoms with van der Waals surface area (Å²) in [6.07, 6.45) is 3.82. The molecule has 1 atom stereocenters. The minimum Gasteiger partial charge on any atom is -0.383 e. The van der Waals surface area contributed by atoms with Crippen molar-refractivity contribution in [3.8, 4) is 0 Å². The van der Waals surface area contributed by atoms with Crippen LogP contribution in [0.5, 0.6) is 0 Å². The molecule has 3 N–H and O–H groups in total. The minimum atomic E-state index is 0.273. The Hall–Kier alpha value is -1.65. The molecule has 1 unspecified atom stereocenters. The Kier molecular flexibility index (Phi) is 5.32. The Morgan fingerprint density at radius 2 is 2.20 bits per heavy atom. The van der Waals surface area contributed by atoms with Crippen LogP contribution in [0.15, 0.2) is 30.5 Å². The zero-order valence-corrected chi connectivity index (χ0v) is 12.2. The van der Waals surface area contributed by atoms with E-state index in [0.29, 0.717) is 13.2 Å². The first-order valence-electron chi connectivity index (χ1n) is 7.06. The first-order valence-corrected chi connectivity index (χ1v) is 7.06. The van der Waals surface area contributed by atoms with Gasteiger partial charge in [0, 0.05) is 30.4 Å². The number of pyridine rings is 1. The van der Waals surface area contributed by atoms with Crippen LogP contribution in [0.4, 0.5) is 5.69 Å². The number of nitrogens with one attached hydrogen (secondary N) is 1. The van der Waals surface area contributed by atoms with Crippen molar-refractivity contribution < 1.29 is 4.74 Å². The second kappa shape index (κ2) is 7.22. The van der Waals surface area contributed by atoms with Gasteiger partial charge in [-0.05, 0) is 50.1 Å². The van der Waals surface area contributed by atoms with Crippen LogP contribution >= 0.6 is 0 Å². The van der Waals surface area contributed by atoms with Crippen LogP contribution in [0.3, 0.4) is 0 Å². The van der Waals surface area contributed by atoms with Gasteiger partial charge in [0.2, 0.25) is 0 Å². The molecule has 0 aliphatic rings. The van der Waals surface area contributed by atoms with Gasteiger partial charge in [-0.25, -0.2) is 0 Å². The molecule has 0 fully saturated rings. The Labute approximate surface area is 120 Å². The standard InChI is InChI=1S/C16H23N3O/c1-12-7-8-15(14-6-4-10-18-16(12)14)19-13(11-20-2)5-3-9-17/h4,6-8,10,13,19H,3,5,9,11,17H2,1-2H3. The summed E-state index contributed by atoms with van der Waals surface area (Å²) in [5.74, 6) is 0. The number of ether oxygens (including phenoxy) is 1. The van der Waals surface area contributed by atoms with Gasteiger partial charge in [-0.1, -0.05) is 6.07 Å². The molecule has 0 bridgehead atoms. The number of hydrogen-bond donors (Lipinski definition) is 2. The number of hydrogen-bond acceptors (Lipinski definition) is 4. The fourth-order valence-corrected chi connectivity index (χ4v) is 2.42. The molecule has 2 rings (SSSR count). The fourth-order valence-electron chi connectivity index (χ4n) is 2.42. The van der Waals surface area contributed by atoms with E-state index in [1.165, 1.54) is 5.56 Å². The number of nitrogens with two attached hydrogens (primary N) is 1. The number of benzene rings is 1. The summed E-state index contributed by atoms with van der Waals surface area (Å²) in [6.45, 7) is 3.47. The number of aromatic nitrogens is 1. The number of anilines is 1. The van der Waals surface area contributed by atoms with Gasteiger partial charge in [-0.3, -0.25) is 4.98 Å². The summed E-state index contributed by atoms with van der Waals surface area (Å²) in [7, 11) is 1.73. The van der Waals surface area contributed by atoms with Crippen molar-refractivity contribution in [2.45, 2.75) is 25.8 Å². The summed E-state index contributed by atoms with van der Waals surface area (Å²) in [6, 6.07) is 8.56. The molecule has 1 aromatic carbocycles. The van der Waals surface area contributed by atoms with Crippen molar-refractivity contribution in [1.82, 2.24) is 4.98 Å². The molecule has 1 heterocycles. The molecule has 0 amide bonds. The fraction of sp³-hybridized carbons (Fsp3) is 0.438. The average molecular weight is 273 g/mol. The van der Waals surface area contributed by atoms with Gasteiger partial charge < -0.3 is 15.8 Å². The molecule has 108 valence electrons. The molecule has 0 radical (unpaired) electrons. The highest BCUT2D eigenvalue weighted by Crippen LogP contribution is 2.25. The number of aryl methyl sites for hydroxylation is 1. The molecule has 4 heteroatoms. The van der Waals surface area contributed by atoms with Crippen molar-refractivity contribution in [3.63, 3.8) is 0 Å². The smallest absolute Gasteiger partial charge is 0.0751 e. The molecule has 0 aliphatic heterocycles. The van der Waals surface area contributed by atoms with E-state index in [2.05, 4.69) is 35.4 Å². The number of rotatable bonds is 7. The van der Waals surface area contributed by atoms with E-state index in [9.17, 15) is 0 Å². The number of nitrogens with zero attached hydrogens (tertiary/aromatic N) is 1. The third-order valence-corrected chi connectivity index (χ3v) is 3.46. The highest BCUT2D eigenvalue weighted by atomic mass is 16.5. The van der Waals surface area contributed by atoms with Crippen LogP contribution in [-0.4, -0.2) is 31.3 Å². The molecule has 1 aromatic heterocycles. The quantitative estimate of drug-likeness (QED) is 0.814. The van der Waals surface area contributed by atoms with Gasteiger partial charge >= 0.3 is 0 Å². The SMILES string of the molecule is COCC(CCCN)Nc1ccc(C)c2ncccc12. The Morgan fingerprint density at radius 1 is 1.35 bits per heavy atom. The topological polar surface area (TPSA) is 60.2 Å². The summed E-state index contributed by atoms with van der Waals surface area (Å²) >= 11 is 0. The van der Waals surface area contributed by atoms with Gasteiger partial charge in [-0.15, -0.1) is 0 Å². The maximum absolute atomic E-state index is 5.60. The van der Waals surface area contributed by atoms with Gasteiger partial charge in [0.25, 0.3) is 0 Å². The van der Waals surface area contributed by atoms with Crippen LogP contribution in [-0.2, 0) is 4.74 Å². The summed E-state index contributed by atoms with van der Waals surface area (Å²) in [5, 5.41) is 4.72. The predicted molar refractivity (Wildman–Crippen MR) is 84.1 cm³/mol. The van der Waals surface area contributed by atoms with Crippen LogP contribution in [0, 0.1) is 6.92 Å². The Bertz CT molecular complexity index is 556. The van der Waals surface area contributed by atoms with Crippen molar-refractivity contribution in [2.24, 2.45) is 5.73 Å². The zero-order valence-electron chi connectivity index (χ0n) is 12.2. The minimum absolute atomic E-state index is 0.273. The van der Waals surface area contributed by atoms with Crippen LogP contribution in [0.25, 0.3) is 10.9 Å². The maximum atomic E-state index is 5.60. The summed E-state index contributed by atoms with van der Waals surface area (Å²) < 4.78 is 5.29. The Morgan fingerprint density at radius 3 is 2.95 bits per heavy atom. The van der Waals surface area contributed by atoms with E-state index in [1.807, 2.05) is 12.3 Å². The van der Waals surface area contributed by atoms with E-state index in [4.69, 9.17) is 10.5 Å². The van der Waals surface area contributed by atoms with E-state index in [0.717, 1.165) is 29.4 Å². The molecule has 20 heavy (non-hydrogen) atoms. The number of methoxy groups -OCH3 is 1. The molecular formula is C16H23N3O. The summed E-state index contributed by atoms with van der Waals surface area (Å²) in [5.41, 5.74) is 8.95. The lowest BCUT2D eigenvalue weighted by molar-refractivity contribution is 0.182. The van der Waals surface area contributed by atoms with Gasteiger partial charge in [0.1, 0.15) is 0 Å². The first-order chi connectivity index (χ1) is 9.76. The van der Waals surface area contributed by atoms with Crippen LogP contribution in [0.1, 0.15) is 18.4 Å². The predicted octanol–water partition coefficient (Wildman–Crippen LogP) is 2.71. The third-order valence-electron chi connectivity index (χ3n) is 3.46. The molecule has 0 saturated heterocycles. The monoisotopic (exact) mass is 273 g/mol. The average Bonchev–Trinajstić information content (AvgIpc) is 2.48. The van der Waals surface area contributed by atoms with Crippen molar-refractivity contribution in [2.75, 3.05) is 25.6 Å². The van der Waals surface area contributed by atoms with Crippen LogP contribution in [0.2, 0.25) is 0 Å². The van der Waals surface area contributed by atoms with Crippen molar-refractivity contribution in [1.29, 1.82) is 0 Å². The molecule has 0 spiro atoms. The Balaban J connectivity index is 2.25. The van der Waals surface area contributed by atoms with Gasteiger partial charge in [0.15, 0.2) is 0 Å². The van der Waals surface area contributed by atoms with Crippen molar-refractivity contribution >= 4 is 16.6 Å². The van der Waals surface area contributed by atoms with Crippen LogP contribution < -0.4 is 11.1 Å². The third kappa shape index (κ3) is 3.46. The second-order valence-corrected chi connectivity index (χ2v) is 5.06. The highest BCUT2D eigenvalue weighted by molar-refractivity contribution is 5.93. The zero-order chi connectivity index (χ0) is 14.4. The van der Waals surface area contributed by atoms with Crippen molar-refractivity contribution in [3.05, 3.63) is 36.0 Å². The van der Waals surface area contributed by atoms with E-state index < -0.39 is 0 Å². The normalized spacial score (nSPS) is 12.6. The lowest BCUT2D eigenvalue weighted by atomic mass is 10.1. The molecule has 0 aliphatic carbocycles. The number of fused-ring (bicyclic) bond motifs is 1. The molecule has 4 nitrogen and oxygen atoms in total. The lowest BCUT2D eigenvalue weighted by Gasteiger charge is -2.20. The van der Waals surface area contributed by atoms with E-state index >= 15 is 0 Å².